The van der Waals surface area contributed by atoms with Crippen LogP contribution in [0.15, 0.2) is 30.3 Å². The SMILES string of the molecule is Cc1cc(C(C)(C)CN)nn1-c1cccc(Cl)c1. The van der Waals surface area contributed by atoms with Crippen LogP contribution in [0.5, 0.6) is 0 Å². The smallest absolute Gasteiger partial charge is 0.0700 e. The summed E-state index contributed by atoms with van der Waals surface area (Å²) in [6, 6.07) is 9.75. The Morgan fingerprint density at radius 3 is 2.67 bits per heavy atom. The van der Waals surface area contributed by atoms with Crippen LogP contribution in [0.2, 0.25) is 5.02 Å². The quantitative estimate of drug-likeness (QED) is 0.925. The molecule has 4 heteroatoms. The first-order valence-corrected chi connectivity index (χ1v) is 6.35. The van der Waals surface area contributed by atoms with Crippen molar-refractivity contribution in [2.45, 2.75) is 26.2 Å². The van der Waals surface area contributed by atoms with Crippen molar-refractivity contribution in [3.8, 4) is 5.69 Å². The lowest BCUT2D eigenvalue weighted by atomic mass is 9.90. The number of aryl methyl sites for hydroxylation is 1. The van der Waals surface area contributed by atoms with Gasteiger partial charge in [0.05, 0.1) is 11.4 Å². The summed E-state index contributed by atoms with van der Waals surface area (Å²) in [7, 11) is 0. The molecule has 1 heterocycles. The van der Waals surface area contributed by atoms with Crippen molar-refractivity contribution in [3.05, 3.63) is 46.7 Å². The molecule has 2 aromatic rings. The number of aromatic nitrogens is 2. The van der Waals surface area contributed by atoms with Crippen molar-refractivity contribution in [1.29, 1.82) is 0 Å². The summed E-state index contributed by atoms with van der Waals surface area (Å²) < 4.78 is 1.90. The average Bonchev–Trinajstić information content (AvgIpc) is 2.72. The number of halogens is 1. The summed E-state index contributed by atoms with van der Waals surface area (Å²) in [5.41, 5.74) is 8.72. The molecule has 0 fully saturated rings. The number of nitrogens with two attached hydrogens (primary N) is 1. The predicted octanol–water partition coefficient (Wildman–Crippen LogP) is 3.07. The Morgan fingerprint density at radius 1 is 1.33 bits per heavy atom. The fourth-order valence-electron chi connectivity index (χ4n) is 1.78. The first-order valence-electron chi connectivity index (χ1n) is 5.97. The van der Waals surface area contributed by atoms with Crippen molar-refractivity contribution in [2.75, 3.05) is 6.54 Å². The minimum absolute atomic E-state index is 0.116. The maximum Gasteiger partial charge on any atom is 0.0700 e. The lowest BCUT2D eigenvalue weighted by Gasteiger charge is -2.19. The van der Waals surface area contributed by atoms with Gasteiger partial charge in [-0.3, -0.25) is 0 Å². The first-order chi connectivity index (χ1) is 8.44. The van der Waals surface area contributed by atoms with Gasteiger partial charge in [-0.25, -0.2) is 4.68 Å². The Hall–Kier alpha value is -1.32. The van der Waals surface area contributed by atoms with Crippen LogP contribution in [0.1, 0.15) is 25.2 Å². The molecule has 96 valence electrons. The molecule has 0 amide bonds. The zero-order valence-corrected chi connectivity index (χ0v) is 11.7. The van der Waals surface area contributed by atoms with Crippen LogP contribution in [-0.4, -0.2) is 16.3 Å². The third kappa shape index (κ3) is 2.42. The Morgan fingerprint density at radius 2 is 2.06 bits per heavy atom. The summed E-state index contributed by atoms with van der Waals surface area (Å²) in [5, 5.41) is 5.35. The van der Waals surface area contributed by atoms with Crippen LogP contribution in [-0.2, 0) is 5.41 Å². The van der Waals surface area contributed by atoms with E-state index in [1.165, 1.54) is 0 Å². The average molecular weight is 264 g/mol. The number of rotatable bonds is 3. The minimum Gasteiger partial charge on any atom is -0.330 e. The molecule has 0 aliphatic rings. The second-order valence-corrected chi connectivity index (χ2v) is 5.59. The van der Waals surface area contributed by atoms with E-state index in [0.29, 0.717) is 11.6 Å². The van der Waals surface area contributed by atoms with Gasteiger partial charge in [-0.2, -0.15) is 5.10 Å². The standard InChI is InChI=1S/C14H18ClN3/c1-10-7-13(14(2,3)9-16)17-18(10)12-6-4-5-11(15)8-12/h4-8H,9,16H2,1-3H3. The predicted molar refractivity (Wildman–Crippen MR) is 75.4 cm³/mol. The Balaban J connectivity index is 2.48. The summed E-state index contributed by atoms with van der Waals surface area (Å²) in [5.74, 6) is 0. The molecule has 2 N–H and O–H groups in total. The Labute approximate surface area is 113 Å². The minimum atomic E-state index is -0.116. The van der Waals surface area contributed by atoms with Gasteiger partial charge in [-0.15, -0.1) is 0 Å². The maximum absolute atomic E-state index is 6.01. The second-order valence-electron chi connectivity index (χ2n) is 5.15. The molecular formula is C14H18ClN3. The number of nitrogens with zero attached hydrogens (tertiary/aromatic N) is 2. The Kier molecular flexibility index (Phi) is 3.46. The molecule has 0 aliphatic carbocycles. The zero-order valence-electron chi connectivity index (χ0n) is 10.9. The fourth-order valence-corrected chi connectivity index (χ4v) is 1.96. The molecule has 0 spiro atoms. The van der Waals surface area contributed by atoms with Crippen LogP contribution >= 0.6 is 11.6 Å². The fraction of sp³-hybridized carbons (Fsp3) is 0.357. The molecule has 0 saturated carbocycles. The van der Waals surface area contributed by atoms with E-state index in [2.05, 4.69) is 25.0 Å². The maximum atomic E-state index is 6.01. The molecular weight excluding hydrogens is 246 g/mol. The van der Waals surface area contributed by atoms with Gasteiger partial charge in [-0.05, 0) is 31.2 Å². The van der Waals surface area contributed by atoms with Gasteiger partial charge in [0.25, 0.3) is 0 Å². The van der Waals surface area contributed by atoms with E-state index in [-0.39, 0.29) is 5.41 Å². The van der Waals surface area contributed by atoms with Crippen molar-refractivity contribution in [2.24, 2.45) is 5.73 Å². The third-order valence-electron chi connectivity index (χ3n) is 3.14. The molecule has 1 aromatic carbocycles. The Bertz CT molecular complexity index is 558. The van der Waals surface area contributed by atoms with Crippen LogP contribution < -0.4 is 5.73 Å². The van der Waals surface area contributed by atoms with E-state index in [4.69, 9.17) is 17.3 Å². The molecule has 0 atom stereocenters. The summed E-state index contributed by atoms with van der Waals surface area (Å²) >= 11 is 6.01. The van der Waals surface area contributed by atoms with Gasteiger partial charge in [0.2, 0.25) is 0 Å². The van der Waals surface area contributed by atoms with E-state index < -0.39 is 0 Å². The van der Waals surface area contributed by atoms with E-state index in [0.717, 1.165) is 17.1 Å². The highest BCUT2D eigenvalue weighted by Gasteiger charge is 2.23. The molecule has 0 radical (unpaired) electrons. The highest BCUT2D eigenvalue weighted by atomic mass is 35.5. The largest absolute Gasteiger partial charge is 0.330 e. The van der Waals surface area contributed by atoms with Crippen molar-refractivity contribution >= 4 is 11.6 Å². The van der Waals surface area contributed by atoms with Gasteiger partial charge in [-0.1, -0.05) is 31.5 Å². The molecule has 2 rings (SSSR count). The van der Waals surface area contributed by atoms with E-state index in [1.54, 1.807) is 0 Å². The molecule has 1 aromatic heterocycles. The van der Waals surface area contributed by atoms with Crippen LogP contribution in [0.4, 0.5) is 0 Å². The van der Waals surface area contributed by atoms with Gasteiger partial charge in [0.1, 0.15) is 0 Å². The van der Waals surface area contributed by atoms with Crippen LogP contribution in [0, 0.1) is 6.92 Å². The highest BCUT2D eigenvalue weighted by Crippen LogP contribution is 2.23. The van der Waals surface area contributed by atoms with Gasteiger partial charge in [0.15, 0.2) is 0 Å². The van der Waals surface area contributed by atoms with Gasteiger partial charge < -0.3 is 5.73 Å². The molecule has 0 aliphatic heterocycles. The summed E-state index contributed by atoms with van der Waals surface area (Å²) in [6.07, 6.45) is 0. The monoisotopic (exact) mass is 263 g/mol. The van der Waals surface area contributed by atoms with Crippen LogP contribution in [0.25, 0.3) is 5.69 Å². The zero-order chi connectivity index (χ0) is 13.3. The lowest BCUT2D eigenvalue weighted by molar-refractivity contribution is 0.515. The van der Waals surface area contributed by atoms with E-state index in [1.807, 2.05) is 35.9 Å². The topological polar surface area (TPSA) is 43.8 Å². The number of benzene rings is 1. The normalized spacial score (nSPS) is 11.8. The van der Waals surface area contributed by atoms with Crippen LogP contribution in [0.3, 0.4) is 0 Å². The van der Waals surface area contributed by atoms with Gasteiger partial charge in [0, 0.05) is 22.7 Å². The van der Waals surface area contributed by atoms with Gasteiger partial charge >= 0.3 is 0 Å². The van der Waals surface area contributed by atoms with Crippen molar-refractivity contribution in [1.82, 2.24) is 9.78 Å². The van der Waals surface area contributed by atoms with E-state index >= 15 is 0 Å². The number of hydrogen-bond acceptors (Lipinski definition) is 2. The molecule has 0 bridgehead atoms. The summed E-state index contributed by atoms with van der Waals surface area (Å²) in [6.45, 7) is 6.79. The third-order valence-corrected chi connectivity index (χ3v) is 3.38. The van der Waals surface area contributed by atoms with Crippen molar-refractivity contribution in [3.63, 3.8) is 0 Å². The molecule has 0 unspecified atom stereocenters. The first kappa shape index (κ1) is 13.1. The lowest BCUT2D eigenvalue weighted by Crippen LogP contribution is -2.28. The second kappa shape index (κ2) is 4.75. The summed E-state index contributed by atoms with van der Waals surface area (Å²) in [4.78, 5) is 0. The van der Waals surface area contributed by atoms with Crippen molar-refractivity contribution < 1.29 is 0 Å². The highest BCUT2D eigenvalue weighted by molar-refractivity contribution is 6.30. The van der Waals surface area contributed by atoms with E-state index in [9.17, 15) is 0 Å². The number of hydrogen-bond donors (Lipinski definition) is 1. The molecule has 0 saturated heterocycles. The molecule has 18 heavy (non-hydrogen) atoms. The molecule has 3 nitrogen and oxygen atoms in total.